The van der Waals surface area contributed by atoms with E-state index in [-0.39, 0.29) is 34.4 Å². The summed E-state index contributed by atoms with van der Waals surface area (Å²) in [6.45, 7) is 22.1. The Hall–Kier alpha value is -2.23. The third kappa shape index (κ3) is 4.46. The number of carbonyl (C=O) groups is 1. The van der Waals surface area contributed by atoms with Crippen molar-refractivity contribution in [3.05, 3.63) is 42.0 Å². The van der Waals surface area contributed by atoms with E-state index in [0.717, 1.165) is 24.7 Å². The van der Waals surface area contributed by atoms with E-state index >= 15 is 0 Å². The molecule has 0 saturated heterocycles. The number of allylic oxidation sites excluding steroid dienone is 1. The van der Waals surface area contributed by atoms with E-state index in [1.165, 1.54) is 75.1 Å². The molecule has 0 unspecified atom stereocenters. The predicted octanol–water partition coefficient (Wildman–Crippen LogP) is 9.70. The molecule has 0 spiro atoms. The van der Waals surface area contributed by atoms with Gasteiger partial charge in [-0.1, -0.05) is 59.8 Å². The zero-order chi connectivity index (χ0) is 31.2. The van der Waals surface area contributed by atoms with Crippen molar-refractivity contribution in [2.24, 2.45) is 56.7 Å². The first-order valence-electron chi connectivity index (χ1n) is 17.1. The van der Waals surface area contributed by atoms with Gasteiger partial charge >= 0.3 is 5.97 Å². The summed E-state index contributed by atoms with van der Waals surface area (Å²) < 4.78 is 6.19. The first-order chi connectivity index (χ1) is 20.1. The molecular weight excluding hydrogens is 532 g/mol. The van der Waals surface area contributed by atoms with Crippen molar-refractivity contribution in [3.63, 3.8) is 0 Å². The largest absolute Gasteiger partial charge is 0.504 e. The fraction of sp³-hybridized carbons (Fsp3) is 0.718. The van der Waals surface area contributed by atoms with Crippen LogP contribution in [-0.2, 0) is 9.53 Å². The molecule has 0 heterocycles. The number of ether oxygens (including phenoxy) is 1. The zero-order valence-corrected chi connectivity index (χ0v) is 27.8. The molecule has 0 radical (unpaired) electrons. The van der Waals surface area contributed by atoms with Gasteiger partial charge in [0.1, 0.15) is 6.10 Å². The summed E-state index contributed by atoms with van der Waals surface area (Å²) in [5.74, 6) is 2.79. The third-order valence-corrected chi connectivity index (χ3v) is 15.1. The van der Waals surface area contributed by atoms with Gasteiger partial charge in [0.2, 0.25) is 0 Å². The van der Waals surface area contributed by atoms with E-state index in [1.54, 1.807) is 12.1 Å². The third-order valence-electron chi connectivity index (χ3n) is 15.1. The van der Waals surface area contributed by atoms with Gasteiger partial charge in [-0.3, -0.25) is 0 Å². The lowest BCUT2D eigenvalue weighted by atomic mass is 9.32. The summed E-state index contributed by atoms with van der Waals surface area (Å²) in [4.78, 5) is 13.0. The van der Waals surface area contributed by atoms with Crippen LogP contribution in [-0.4, -0.2) is 22.3 Å². The summed E-state index contributed by atoms with van der Waals surface area (Å²) in [5, 5.41) is 19.4. The van der Waals surface area contributed by atoms with Crippen molar-refractivity contribution < 1.29 is 19.7 Å². The number of phenolic OH excluding ortho intramolecular Hbond substituents is 2. The van der Waals surface area contributed by atoms with Crippen LogP contribution in [0.4, 0.5) is 0 Å². The molecule has 2 N–H and O–H groups in total. The summed E-state index contributed by atoms with van der Waals surface area (Å²) in [7, 11) is 0. The van der Waals surface area contributed by atoms with Gasteiger partial charge in [-0.2, -0.15) is 0 Å². The molecule has 6 rings (SSSR count). The lowest BCUT2D eigenvalue weighted by Crippen LogP contribution is -2.66. The molecule has 0 amide bonds. The SMILES string of the molecule is C=C(C)[C@@H]1CC[C@]2(C)CC[C@]3(C)[C@H](CC[C@@H]4[C@]5(C)CC[C@H](OC(=O)/C=C/c6ccc(O)c(O)c6)C(C)(C)[C@@H]5CC[C@]43C)[C@H]12. The highest BCUT2D eigenvalue weighted by Crippen LogP contribution is 2.77. The van der Waals surface area contributed by atoms with E-state index in [4.69, 9.17) is 4.74 Å². The number of aromatic hydroxyl groups is 2. The Morgan fingerprint density at radius 3 is 2.30 bits per heavy atom. The monoisotopic (exact) mass is 588 g/mol. The standard InChI is InChI=1S/C39H56O4/c1-24(2)26-15-18-36(5)21-22-38(7)27(34(26)36)11-13-31-37(6)19-17-32(35(3,4)30(37)16-20-39(31,38)8)43-33(42)14-10-25-9-12-28(40)29(41)23-25/h9-10,12,14,23,26-27,30-32,34,40-41H,1,11,13,15-22H2,2-8H3/b14-10+/t26-,27+,30-,31+,32-,34-,36+,37+,38+,39+/m0/s1. The van der Waals surface area contributed by atoms with Crippen molar-refractivity contribution >= 4 is 12.0 Å². The molecule has 10 atom stereocenters. The Balaban J connectivity index is 1.22. The molecule has 4 nitrogen and oxygen atoms in total. The molecule has 5 fully saturated rings. The molecule has 4 heteroatoms. The summed E-state index contributed by atoms with van der Waals surface area (Å²) >= 11 is 0. The second kappa shape index (κ2) is 10.1. The molecular formula is C39H56O4. The van der Waals surface area contributed by atoms with Gasteiger partial charge in [-0.25, -0.2) is 4.79 Å². The average Bonchev–Trinajstić information content (AvgIpc) is 3.29. The van der Waals surface area contributed by atoms with Crippen LogP contribution in [0.2, 0.25) is 0 Å². The Bertz CT molecular complexity index is 1330. The Kier molecular flexibility index (Phi) is 7.26. The smallest absolute Gasteiger partial charge is 0.331 e. The van der Waals surface area contributed by atoms with Crippen LogP contribution >= 0.6 is 0 Å². The number of hydrogen-bond acceptors (Lipinski definition) is 4. The fourth-order valence-corrected chi connectivity index (χ4v) is 12.7. The Morgan fingerprint density at radius 1 is 0.860 bits per heavy atom. The van der Waals surface area contributed by atoms with Crippen LogP contribution < -0.4 is 0 Å². The van der Waals surface area contributed by atoms with E-state index in [1.807, 2.05) is 0 Å². The molecule has 236 valence electrons. The molecule has 5 saturated carbocycles. The average molecular weight is 589 g/mol. The van der Waals surface area contributed by atoms with Gasteiger partial charge in [-0.05, 0) is 146 Å². The summed E-state index contributed by atoms with van der Waals surface area (Å²) in [6.07, 6.45) is 15.6. The van der Waals surface area contributed by atoms with Crippen molar-refractivity contribution in [1.29, 1.82) is 0 Å². The maximum absolute atomic E-state index is 13.0. The van der Waals surface area contributed by atoms with Crippen molar-refractivity contribution in [2.75, 3.05) is 0 Å². The Labute approximate surface area is 260 Å². The number of esters is 1. The van der Waals surface area contributed by atoms with Crippen LogP contribution in [0.5, 0.6) is 11.5 Å². The van der Waals surface area contributed by atoms with Gasteiger partial charge in [0.05, 0.1) is 0 Å². The molecule has 43 heavy (non-hydrogen) atoms. The number of benzene rings is 1. The molecule has 0 aliphatic heterocycles. The van der Waals surface area contributed by atoms with Gasteiger partial charge in [0, 0.05) is 11.5 Å². The minimum Gasteiger partial charge on any atom is -0.504 e. The minimum atomic E-state index is -0.336. The van der Waals surface area contributed by atoms with Crippen LogP contribution in [0, 0.1) is 56.7 Å². The van der Waals surface area contributed by atoms with E-state index < -0.39 is 0 Å². The molecule has 0 bridgehead atoms. The van der Waals surface area contributed by atoms with E-state index in [9.17, 15) is 15.0 Å². The van der Waals surface area contributed by atoms with Gasteiger partial charge in [-0.15, -0.1) is 0 Å². The van der Waals surface area contributed by atoms with Gasteiger partial charge < -0.3 is 14.9 Å². The lowest BCUT2D eigenvalue weighted by molar-refractivity contribution is -0.248. The fourth-order valence-electron chi connectivity index (χ4n) is 12.7. The van der Waals surface area contributed by atoms with Crippen molar-refractivity contribution in [2.45, 2.75) is 119 Å². The Morgan fingerprint density at radius 2 is 1.60 bits per heavy atom. The molecule has 1 aromatic carbocycles. The first kappa shape index (κ1) is 30.8. The van der Waals surface area contributed by atoms with E-state index in [2.05, 4.69) is 55.0 Å². The quantitative estimate of drug-likeness (QED) is 0.159. The minimum absolute atomic E-state index is 0.103. The van der Waals surface area contributed by atoms with Crippen LogP contribution in [0.3, 0.4) is 0 Å². The molecule has 1 aromatic rings. The van der Waals surface area contributed by atoms with Crippen LogP contribution in [0.15, 0.2) is 36.4 Å². The molecule has 5 aliphatic carbocycles. The van der Waals surface area contributed by atoms with Crippen molar-refractivity contribution in [1.82, 2.24) is 0 Å². The second-order valence-corrected chi connectivity index (χ2v) is 17.2. The number of hydrogen-bond donors (Lipinski definition) is 2. The van der Waals surface area contributed by atoms with Gasteiger partial charge in [0.15, 0.2) is 11.5 Å². The highest BCUT2D eigenvalue weighted by atomic mass is 16.5. The molecule has 5 aliphatic rings. The zero-order valence-electron chi connectivity index (χ0n) is 27.8. The topological polar surface area (TPSA) is 66.8 Å². The normalized spacial score (nSPS) is 45.0. The lowest BCUT2D eigenvalue weighted by Gasteiger charge is -2.73. The van der Waals surface area contributed by atoms with Crippen LogP contribution in [0.1, 0.15) is 118 Å². The number of carbonyl (C=O) groups excluding carboxylic acids is 1. The highest BCUT2D eigenvalue weighted by Gasteiger charge is 2.70. The number of rotatable bonds is 4. The predicted molar refractivity (Wildman–Crippen MR) is 173 cm³/mol. The number of phenols is 2. The van der Waals surface area contributed by atoms with E-state index in [0.29, 0.717) is 39.6 Å². The van der Waals surface area contributed by atoms with Crippen LogP contribution in [0.25, 0.3) is 6.08 Å². The number of fused-ring (bicyclic) bond motifs is 7. The van der Waals surface area contributed by atoms with Gasteiger partial charge in [0.25, 0.3) is 0 Å². The van der Waals surface area contributed by atoms with Crippen molar-refractivity contribution in [3.8, 4) is 11.5 Å². The maximum atomic E-state index is 13.0. The second-order valence-electron chi connectivity index (χ2n) is 17.2. The summed E-state index contributed by atoms with van der Waals surface area (Å²) in [6, 6.07) is 4.54. The molecule has 0 aromatic heterocycles. The summed E-state index contributed by atoms with van der Waals surface area (Å²) in [5.41, 5.74) is 3.40. The highest BCUT2D eigenvalue weighted by molar-refractivity contribution is 5.87. The first-order valence-corrected chi connectivity index (χ1v) is 17.1. The maximum Gasteiger partial charge on any atom is 0.331 e.